The molecule has 0 heterocycles. The number of halogens is 3. The Labute approximate surface area is 135 Å². The largest absolute Gasteiger partial charge is 0.465 e. The Hall–Kier alpha value is -3.03. The van der Waals surface area contributed by atoms with Gasteiger partial charge in [0.05, 0.1) is 23.9 Å². The first kappa shape index (κ1) is 17.3. The SMILES string of the molecule is COC(=O)c1cccc(NC(=O)Nc2ccccc2C(F)(F)F)c1. The van der Waals surface area contributed by atoms with Gasteiger partial charge in [0.1, 0.15) is 0 Å². The number of carbonyl (C=O) groups excluding carboxylic acids is 2. The second-order valence-corrected chi connectivity index (χ2v) is 4.69. The molecule has 0 aliphatic carbocycles. The molecule has 2 N–H and O–H groups in total. The zero-order valence-electron chi connectivity index (χ0n) is 12.5. The number of esters is 1. The van der Waals surface area contributed by atoms with Crippen molar-refractivity contribution < 1.29 is 27.5 Å². The van der Waals surface area contributed by atoms with Crippen LogP contribution in [0.4, 0.5) is 29.3 Å². The minimum Gasteiger partial charge on any atom is -0.465 e. The van der Waals surface area contributed by atoms with Crippen LogP contribution in [0.25, 0.3) is 0 Å². The van der Waals surface area contributed by atoms with E-state index >= 15 is 0 Å². The van der Waals surface area contributed by atoms with Gasteiger partial charge in [-0.2, -0.15) is 13.2 Å². The van der Waals surface area contributed by atoms with Gasteiger partial charge >= 0.3 is 18.2 Å². The van der Waals surface area contributed by atoms with Gasteiger partial charge in [0, 0.05) is 5.69 Å². The minimum atomic E-state index is -4.59. The summed E-state index contributed by atoms with van der Waals surface area (Å²) in [6.07, 6.45) is -4.59. The predicted molar refractivity (Wildman–Crippen MR) is 81.9 cm³/mol. The standard InChI is InChI=1S/C16H13F3N2O3/c1-24-14(22)10-5-4-6-11(9-10)20-15(23)21-13-8-3-2-7-12(13)16(17,18)19/h2-9H,1H3,(H2,20,21,23). The smallest absolute Gasteiger partial charge is 0.418 e. The van der Waals surface area contributed by atoms with Crippen LogP contribution >= 0.6 is 0 Å². The van der Waals surface area contributed by atoms with E-state index in [4.69, 9.17) is 0 Å². The number of alkyl halides is 3. The van der Waals surface area contributed by atoms with Gasteiger partial charge in [-0.3, -0.25) is 0 Å². The van der Waals surface area contributed by atoms with Crippen molar-refractivity contribution in [2.75, 3.05) is 17.7 Å². The van der Waals surface area contributed by atoms with E-state index in [2.05, 4.69) is 15.4 Å². The van der Waals surface area contributed by atoms with E-state index in [1.165, 1.54) is 43.5 Å². The second-order valence-electron chi connectivity index (χ2n) is 4.69. The van der Waals surface area contributed by atoms with Gasteiger partial charge in [0.2, 0.25) is 0 Å². The van der Waals surface area contributed by atoms with Crippen LogP contribution in [-0.4, -0.2) is 19.1 Å². The number of ether oxygens (including phenoxy) is 1. The van der Waals surface area contributed by atoms with E-state index in [1.54, 1.807) is 0 Å². The van der Waals surface area contributed by atoms with Crippen LogP contribution in [0.2, 0.25) is 0 Å². The lowest BCUT2D eigenvalue weighted by atomic mass is 10.1. The molecule has 0 saturated carbocycles. The number of anilines is 2. The Balaban J connectivity index is 2.14. The number of carbonyl (C=O) groups is 2. The van der Waals surface area contributed by atoms with Gasteiger partial charge in [-0.05, 0) is 30.3 Å². The fraction of sp³-hybridized carbons (Fsp3) is 0.125. The Morgan fingerprint density at radius 2 is 1.71 bits per heavy atom. The van der Waals surface area contributed by atoms with Crippen molar-refractivity contribution in [3.8, 4) is 0 Å². The number of benzene rings is 2. The maximum atomic E-state index is 12.9. The molecule has 2 rings (SSSR count). The third-order valence-corrected chi connectivity index (χ3v) is 3.02. The molecule has 8 heteroatoms. The predicted octanol–water partition coefficient (Wildman–Crippen LogP) is 4.14. The quantitative estimate of drug-likeness (QED) is 0.827. The Morgan fingerprint density at radius 1 is 1.00 bits per heavy atom. The molecule has 0 aliphatic rings. The molecule has 0 unspecified atom stereocenters. The van der Waals surface area contributed by atoms with Crippen LogP contribution in [0.5, 0.6) is 0 Å². The second kappa shape index (κ2) is 7.03. The summed E-state index contributed by atoms with van der Waals surface area (Å²) in [7, 11) is 1.21. The van der Waals surface area contributed by atoms with Crippen LogP contribution in [0.3, 0.4) is 0 Å². The molecular weight excluding hydrogens is 325 g/mol. The lowest BCUT2D eigenvalue weighted by molar-refractivity contribution is -0.136. The summed E-state index contributed by atoms with van der Waals surface area (Å²) < 4.78 is 43.2. The molecule has 0 spiro atoms. The van der Waals surface area contributed by atoms with Gasteiger partial charge in [-0.15, -0.1) is 0 Å². The monoisotopic (exact) mass is 338 g/mol. The molecule has 126 valence electrons. The van der Waals surface area contributed by atoms with E-state index < -0.39 is 23.7 Å². The number of methoxy groups -OCH3 is 1. The third-order valence-electron chi connectivity index (χ3n) is 3.02. The van der Waals surface area contributed by atoms with Gasteiger partial charge < -0.3 is 15.4 Å². The normalized spacial score (nSPS) is 10.8. The minimum absolute atomic E-state index is 0.200. The number of urea groups is 1. The molecule has 0 aromatic heterocycles. The van der Waals surface area contributed by atoms with E-state index in [0.717, 1.165) is 12.1 Å². The van der Waals surface area contributed by atoms with Gasteiger partial charge in [0.15, 0.2) is 0 Å². The van der Waals surface area contributed by atoms with Crippen molar-refractivity contribution in [1.82, 2.24) is 0 Å². The third kappa shape index (κ3) is 4.25. The lowest BCUT2D eigenvalue weighted by Crippen LogP contribution is -2.22. The molecule has 24 heavy (non-hydrogen) atoms. The fourth-order valence-electron chi connectivity index (χ4n) is 1.97. The fourth-order valence-corrected chi connectivity index (χ4v) is 1.97. The lowest BCUT2D eigenvalue weighted by Gasteiger charge is -2.14. The Bertz CT molecular complexity index is 760. The maximum absolute atomic E-state index is 12.9. The molecular formula is C16H13F3N2O3. The summed E-state index contributed by atoms with van der Waals surface area (Å²) in [6, 6.07) is 9.57. The summed E-state index contributed by atoms with van der Waals surface area (Å²) in [5, 5.41) is 4.51. The Kier molecular flexibility index (Phi) is 5.08. The van der Waals surface area contributed by atoms with Crippen molar-refractivity contribution in [2.24, 2.45) is 0 Å². The highest BCUT2D eigenvalue weighted by Crippen LogP contribution is 2.34. The number of rotatable bonds is 3. The number of amides is 2. The molecule has 2 aromatic carbocycles. The summed E-state index contributed by atoms with van der Waals surface area (Å²) in [4.78, 5) is 23.3. The number of hydrogen-bond donors (Lipinski definition) is 2. The van der Waals surface area contributed by atoms with Gasteiger partial charge in [0.25, 0.3) is 0 Å². The molecule has 0 radical (unpaired) electrons. The topological polar surface area (TPSA) is 67.4 Å². The average Bonchev–Trinajstić information content (AvgIpc) is 2.53. The number of nitrogens with one attached hydrogen (secondary N) is 2. The summed E-state index contributed by atoms with van der Waals surface area (Å²) in [6.45, 7) is 0. The zero-order chi connectivity index (χ0) is 17.7. The molecule has 5 nitrogen and oxygen atoms in total. The first-order valence-electron chi connectivity index (χ1n) is 6.74. The highest BCUT2D eigenvalue weighted by molar-refractivity contribution is 6.01. The van der Waals surface area contributed by atoms with Crippen molar-refractivity contribution in [3.63, 3.8) is 0 Å². The summed E-state index contributed by atoms with van der Waals surface area (Å²) in [5.74, 6) is -0.596. The highest BCUT2D eigenvalue weighted by Gasteiger charge is 2.33. The highest BCUT2D eigenvalue weighted by atomic mass is 19.4. The molecule has 0 aliphatic heterocycles. The molecule has 2 amide bonds. The van der Waals surface area contributed by atoms with E-state index in [0.29, 0.717) is 0 Å². The molecule has 2 aromatic rings. The van der Waals surface area contributed by atoms with Crippen molar-refractivity contribution >= 4 is 23.4 Å². The first-order valence-corrected chi connectivity index (χ1v) is 6.74. The molecule has 0 bridgehead atoms. The van der Waals surface area contributed by atoms with Crippen molar-refractivity contribution in [2.45, 2.75) is 6.18 Å². The van der Waals surface area contributed by atoms with Crippen LogP contribution in [-0.2, 0) is 10.9 Å². The van der Waals surface area contributed by atoms with E-state index in [-0.39, 0.29) is 16.9 Å². The van der Waals surface area contributed by atoms with Crippen molar-refractivity contribution in [1.29, 1.82) is 0 Å². The zero-order valence-corrected chi connectivity index (χ0v) is 12.5. The van der Waals surface area contributed by atoms with E-state index in [9.17, 15) is 22.8 Å². The van der Waals surface area contributed by atoms with Crippen LogP contribution in [0.1, 0.15) is 15.9 Å². The van der Waals surface area contributed by atoms with Crippen LogP contribution in [0.15, 0.2) is 48.5 Å². The van der Waals surface area contributed by atoms with Gasteiger partial charge in [-0.1, -0.05) is 18.2 Å². The van der Waals surface area contributed by atoms with Gasteiger partial charge in [-0.25, -0.2) is 9.59 Å². The first-order chi connectivity index (χ1) is 11.3. The Morgan fingerprint density at radius 3 is 2.38 bits per heavy atom. The number of hydrogen-bond acceptors (Lipinski definition) is 3. The van der Waals surface area contributed by atoms with E-state index in [1.807, 2.05) is 0 Å². The molecule has 0 atom stereocenters. The molecule has 0 saturated heterocycles. The molecule has 0 fully saturated rings. The van der Waals surface area contributed by atoms with Crippen LogP contribution in [0, 0.1) is 0 Å². The maximum Gasteiger partial charge on any atom is 0.418 e. The average molecular weight is 338 g/mol. The van der Waals surface area contributed by atoms with Crippen molar-refractivity contribution in [3.05, 3.63) is 59.7 Å². The van der Waals surface area contributed by atoms with Crippen LogP contribution < -0.4 is 10.6 Å². The summed E-state index contributed by atoms with van der Waals surface area (Å²) >= 11 is 0. The summed E-state index contributed by atoms with van der Waals surface area (Å²) in [5.41, 5.74) is -0.888. The number of para-hydroxylation sites is 1.